The lowest BCUT2D eigenvalue weighted by Gasteiger charge is -2.16. The average molecular weight is 386 g/mol. The van der Waals surface area contributed by atoms with E-state index in [4.69, 9.17) is 0 Å². The van der Waals surface area contributed by atoms with Crippen LogP contribution in [0.5, 0.6) is 0 Å². The van der Waals surface area contributed by atoms with Crippen molar-refractivity contribution in [3.63, 3.8) is 0 Å². The van der Waals surface area contributed by atoms with E-state index in [0.29, 0.717) is 6.42 Å². The number of thiazole rings is 1. The van der Waals surface area contributed by atoms with Crippen LogP contribution in [0.3, 0.4) is 0 Å². The quantitative estimate of drug-likeness (QED) is 0.436. The molecule has 27 heavy (non-hydrogen) atoms. The van der Waals surface area contributed by atoms with Gasteiger partial charge in [0.2, 0.25) is 5.91 Å². The summed E-state index contributed by atoms with van der Waals surface area (Å²) >= 11 is 1.73. The van der Waals surface area contributed by atoms with Gasteiger partial charge in [-0.2, -0.15) is 0 Å². The molecule has 0 unspecified atom stereocenters. The van der Waals surface area contributed by atoms with E-state index in [1.54, 1.807) is 18.4 Å². The van der Waals surface area contributed by atoms with Gasteiger partial charge in [-0.1, -0.05) is 24.3 Å². The van der Waals surface area contributed by atoms with E-state index in [-0.39, 0.29) is 5.91 Å². The molecule has 0 spiro atoms. The van der Waals surface area contributed by atoms with Crippen molar-refractivity contribution in [1.82, 2.24) is 20.5 Å². The number of nitrogens with one attached hydrogen (secondary N) is 2. The standard InChI is InChI=1S/C20H27N5OS/c1-15-12-24-18(27-15)9-11-23-20(21-2)22-10-5-8-19(26)25-13-16-6-3-4-7-17(16)14-25/h3-4,6-7,12H,5,8-11,13-14H2,1-2H3,(H2,21,22,23). The minimum Gasteiger partial charge on any atom is -0.356 e. The number of hydrogen-bond acceptors (Lipinski definition) is 4. The molecule has 2 heterocycles. The Morgan fingerprint density at radius 2 is 1.93 bits per heavy atom. The molecule has 0 radical (unpaired) electrons. The zero-order chi connectivity index (χ0) is 19.1. The second-order valence-electron chi connectivity index (χ2n) is 6.66. The molecule has 1 aromatic carbocycles. The second kappa shape index (κ2) is 9.50. The zero-order valence-corrected chi connectivity index (χ0v) is 16.8. The highest BCUT2D eigenvalue weighted by molar-refractivity contribution is 7.11. The van der Waals surface area contributed by atoms with Crippen molar-refractivity contribution < 1.29 is 4.79 Å². The molecule has 2 N–H and O–H groups in total. The van der Waals surface area contributed by atoms with Crippen molar-refractivity contribution >= 4 is 23.2 Å². The van der Waals surface area contributed by atoms with Gasteiger partial charge in [-0.05, 0) is 24.5 Å². The summed E-state index contributed by atoms with van der Waals surface area (Å²) in [4.78, 5) is 24.2. The first-order valence-electron chi connectivity index (χ1n) is 9.36. The molecule has 0 fully saturated rings. The molecule has 1 aliphatic rings. The molecule has 6 nitrogen and oxygen atoms in total. The van der Waals surface area contributed by atoms with Crippen LogP contribution in [0.4, 0.5) is 0 Å². The first-order valence-corrected chi connectivity index (χ1v) is 10.2. The maximum absolute atomic E-state index is 12.4. The molecular formula is C20H27N5OS. The number of aliphatic imine (C=N–C) groups is 1. The minimum absolute atomic E-state index is 0.218. The molecule has 0 saturated heterocycles. The number of carbonyl (C=O) groups excluding carboxylic acids is 1. The Morgan fingerprint density at radius 3 is 2.56 bits per heavy atom. The van der Waals surface area contributed by atoms with Gasteiger partial charge in [0.05, 0.1) is 5.01 Å². The van der Waals surface area contributed by atoms with Crippen LogP contribution in [0.25, 0.3) is 0 Å². The molecule has 1 aliphatic heterocycles. The monoisotopic (exact) mass is 385 g/mol. The van der Waals surface area contributed by atoms with E-state index in [1.165, 1.54) is 16.0 Å². The smallest absolute Gasteiger partial charge is 0.223 e. The van der Waals surface area contributed by atoms with Crippen molar-refractivity contribution in [3.8, 4) is 0 Å². The van der Waals surface area contributed by atoms with Gasteiger partial charge in [0.25, 0.3) is 0 Å². The number of nitrogens with zero attached hydrogens (tertiary/aromatic N) is 3. The molecule has 7 heteroatoms. The van der Waals surface area contributed by atoms with Crippen molar-refractivity contribution in [2.24, 2.45) is 4.99 Å². The fraction of sp³-hybridized carbons (Fsp3) is 0.450. The first kappa shape index (κ1) is 19.4. The second-order valence-corrected chi connectivity index (χ2v) is 7.98. The van der Waals surface area contributed by atoms with E-state index in [0.717, 1.165) is 50.0 Å². The number of hydrogen-bond donors (Lipinski definition) is 2. The SMILES string of the molecule is CN=C(NCCCC(=O)N1Cc2ccccc2C1)NCCc1ncc(C)s1. The number of amides is 1. The van der Waals surface area contributed by atoms with Crippen LogP contribution in [0.15, 0.2) is 35.5 Å². The number of carbonyl (C=O) groups is 1. The minimum atomic E-state index is 0.218. The normalized spacial score (nSPS) is 13.6. The van der Waals surface area contributed by atoms with Gasteiger partial charge in [0.15, 0.2) is 5.96 Å². The lowest BCUT2D eigenvalue weighted by atomic mass is 10.1. The van der Waals surface area contributed by atoms with Gasteiger partial charge < -0.3 is 15.5 Å². The number of guanidine groups is 1. The predicted octanol–water partition coefficient (Wildman–Crippen LogP) is 2.48. The summed E-state index contributed by atoms with van der Waals surface area (Å²) in [6, 6.07) is 8.27. The summed E-state index contributed by atoms with van der Waals surface area (Å²) in [5.74, 6) is 0.986. The molecular weight excluding hydrogens is 358 g/mol. The van der Waals surface area contributed by atoms with Crippen LogP contribution < -0.4 is 10.6 Å². The fourth-order valence-corrected chi connectivity index (χ4v) is 3.93. The van der Waals surface area contributed by atoms with Gasteiger partial charge in [-0.3, -0.25) is 9.79 Å². The molecule has 2 aromatic rings. The molecule has 0 atom stereocenters. The Morgan fingerprint density at radius 1 is 1.22 bits per heavy atom. The average Bonchev–Trinajstić information content (AvgIpc) is 3.29. The van der Waals surface area contributed by atoms with E-state index >= 15 is 0 Å². The highest BCUT2D eigenvalue weighted by Crippen LogP contribution is 2.22. The van der Waals surface area contributed by atoms with Crippen LogP contribution in [0, 0.1) is 6.92 Å². The van der Waals surface area contributed by atoms with Crippen LogP contribution in [-0.2, 0) is 24.3 Å². The zero-order valence-electron chi connectivity index (χ0n) is 16.0. The topological polar surface area (TPSA) is 69.6 Å². The van der Waals surface area contributed by atoms with Crippen molar-refractivity contribution in [2.45, 2.75) is 39.3 Å². The Bertz CT molecular complexity index is 776. The summed E-state index contributed by atoms with van der Waals surface area (Å²) < 4.78 is 0. The van der Waals surface area contributed by atoms with Gasteiger partial charge in [0.1, 0.15) is 0 Å². The summed E-state index contributed by atoms with van der Waals surface area (Å²) in [5, 5.41) is 7.70. The fourth-order valence-electron chi connectivity index (χ4n) is 3.14. The number of aromatic nitrogens is 1. The Labute approximate surface area is 164 Å². The number of aryl methyl sites for hydroxylation is 1. The Hall–Kier alpha value is -2.41. The van der Waals surface area contributed by atoms with Gasteiger partial charge >= 0.3 is 0 Å². The van der Waals surface area contributed by atoms with E-state index < -0.39 is 0 Å². The van der Waals surface area contributed by atoms with E-state index in [1.807, 2.05) is 23.2 Å². The molecule has 0 saturated carbocycles. The highest BCUT2D eigenvalue weighted by Gasteiger charge is 2.22. The maximum Gasteiger partial charge on any atom is 0.223 e. The maximum atomic E-state index is 12.4. The lowest BCUT2D eigenvalue weighted by molar-refractivity contribution is -0.131. The number of benzene rings is 1. The third kappa shape index (κ3) is 5.53. The molecule has 144 valence electrons. The lowest BCUT2D eigenvalue weighted by Crippen LogP contribution is -2.39. The molecule has 1 aromatic heterocycles. The van der Waals surface area contributed by atoms with Crippen molar-refractivity contribution in [1.29, 1.82) is 0 Å². The third-order valence-corrected chi connectivity index (χ3v) is 5.55. The van der Waals surface area contributed by atoms with Crippen LogP contribution in [0.2, 0.25) is 0 Å². The molecule has 0 aliphatic carbocycles. The summed E-state index contributed by atoms with van der Waals surface area (Å²) in [6.07, 6.45) is 4.13. The summed E-state index contributed by atoms with van der Waals surface area (Å²) in [7, 11) is 1.76. The largest absolute Gasteiger partial charge is 0.356 e. The summed E-state index contributed by atoms with van der Waals surface area (Å²) in [6.45, 7) is 5.06. The Kier molecular flexibility index (Phi) is 6.81. The van der Waals surface area contributed by atoms with Gasteiger partial charge in [-0.15, -0.1) is 11.3 Å². The molecule has 3 rings (SSSR count). The molecule has 1 amide bonds. The molecule has 0 bridgehead atoms. The van der Waals surface area contributed by atoms with Gasteiger partial charge in [0, 0.05) is 57.1 Å². The predicted molar refractivity (Wildman–Crippen MR) is 110 cm³/mol. The van der Waals surface area contributed by atoms with Crippen molar-refractivity contribution in [3.05, 3.63) is 51.5 Å². The Balaban J connectivity index is 1.31. The van der Waals surface area contributed by atoms with Crippen LogP contribution >= 0.6 is 11.3 Å². The highest BCUT2D eigenvalue weighted by atomic mass is 32.1. The first-order chi connectivity index (χ1) is 13.2. The van der Waals surface area contributed by atoms with E-state index in [2.05, 4.69) is 39.7 Å². The van der Waals surface area contributed by atoms with Gasteiger partial charge in [-0.25, -0.2) is 4.98 Å². The third-order valence-electron chi connectivity index (χ3n) is 4.58. The van der Waals surface area contributed by atoms with Crippen molar-refractivity contribution in [2.75, 3.05) is 20.1 Å². The number of rotatable bonds is 7. The van der Waals surface area contributed by atoms with E-state index in [9.17, 15) is 4.79 Å². The van der Waals surface area contributed by atoms with Crippen LogP contribution in [-0.4, -0.2) is 41.9 Å². The van der Waals surface area contributed by atoms with Crippen LogP contribution in [0.1, 0.15) is 33.9 Å². The number of fused-ring (bicyclic) bond motifs is 1. The summed E-state index contributed by atoms with van der Waals surface area (Å²) in [5.41, 5.74) is 2.54.